The van der Waals surface area contributed by atoms with Gasteiger partial charge in [-0.15, -0.1) is 5.10 Å². The molecule has 0 aliphatic carbocycles. The molecule has 0 bridgehead atoms. The van der Waals surface area contributed by atoms with Gasteiger partial charge in [0.1, 0.15) is 0 Å². The summed E-state index contributed by atoms with van der Waals surface area (Å²) in [6.45, 7) is 0. The summed E-state index contributed by atoms with van der Waals surface area (Å²) < 4.78 is 6.76. The number of methoxy groups -OCH3 is 1. The molecule has 1 aromatic carbocycles. The van der Waals surface area contributed by atoms with Gasteiger partial charge in [0.15, 0.2) is 11.4 Å². The number of carboxylic acid groups (broad SMARTS) is 1. The summed E-state index contributed by atoms with van der Waals surface area (Å²) in [5.41, 5.74) is 7.71. The second-order valence-electron chi connectivity index (χ2n) is 4.38. The molecule has 7 nitrogen and oxygen atoms in total. The van der Waals surface area contributed by atoms with Gasteiger partial charge in [-0.2, -0.15) is 4.98 Å². The second-order valence-corrected chi connectivity index (χ2v) is 4.38. The smallest absolute Gasteiger partial charge is 0.335 e. The number of rotatable bonds is 3. The number of nitrogens with zero attached hydrogens (tertiary/aromatic N) is 3. The van der Waals surface area contributed by atoms with Crippen LogP contribution in [0.15, 0.2) is 36.4 Å². The van der Waals surface area contributed by atoms with E-state index in [0.717, 1.165) is 0 Å². The zero-order chi connectivity index (χ0) is 15.0. The van der Waals surface area contributed by atoms with Crippen molar-refractivity contribution in [2.75, 3.05) is 12.8 Å². The van der Waals surface area contributed by atoms with Gasteiger partial charge in [0.05, 0.1) is 18.4 Å². The summed E-state index contributed by atoms with van der Waals surface area (Å²) >= 11 is 0. The van der Waals surface area contributed by atoms with Crippen LogP contribution in [0.3, 0.4) is 0 Å². The first-order valence-electron chi connectivity index (χ1n) is 6.13. The van der Waals surface area contributed by atoms with E-state index in [-0.39, 0.29) is 11.5 Å². The Labute approximate surface area is 119 Å². The number of carbonyl (C=O) groups is 1. The highest BCUT2D eigenvalue weighted by atomic mass is 16.5. The van der Waals surface area contributed by atoms with Gasteiger partial charge >= 0.3 is 5.97 Å². The first kappa shape index (κ1) is 12.9. The van der Waals surface area contributed by atoms with Gasteiger partial charge in [-0.05, 0) is 24.3 Å². The molecular weight excluding hydrogens is 272 g/mol. The third-order valence-electron chi connectivity index (χ3n) is 3.09. The molecular formula is C14H12N4O3. The normalized spacial score (nSPS) is 10.7. The third-order valence-corrected chi connectivity index (χ3v) is 3.09. The van der Waals surface area contributed by atoms with Crippen LogP contribution >= 0.6 is 0 Å². The standard InChI is InChI=1S/C14H12N4O3/c1-21-11-6-5-10(18-12(11)16-14(15)17-18)8-3-2-4-9(7-8)13(19)20/h2-7H,1H3,(H2,15,17)(H,19,20). The molecule has 0 saturated heterocycles. The lowest BCUT2D eigenvalue weighted by atomic mass is 10.1. The predicted molar refractivity (Wildman–Crippen MR) is 76.3 cm³/mol. The zero-order valence-electron chi connectivity index (χ0n) is 11.1. The average molecular weight is 284 g/mol. The molecule has 0 aliphatic rings. The van der Waals surface area contributed by atoms with Gasteiger partial charge in [0, 0.05) is 5.56 Å². The minimum Gasteiger partial charge on any atom is -0.493 e. The summed E-state index contributed by atoms with van der Waals surface area (Å²) in [6.07, 6.45) is 0. The lowest BCUT2D eigenvalue weighted by Gasteiger charge is -2.08. The number of fused-ring (bicyclic) bond motifs is 1. The summed E-state index contributed by atoms with van der Waals surface area (Å²) in [5, 5.41) is 13.2. The number of nitrogen functional groups attached to an aromatic ring is 1. The van der Waals surface area contributed by atoms with Gasteiger partial charge in [-0.3, -0.25) is 0 Å². The molecule has 0 radical (unpaired) electrons. The molecule has 0 atom stereocenters. The van der Waals surface area contributed by atoms with Gasteiger partial charge in [-0.1, -0.05) is 12.1 Å². The van der Waals surface area contributed by atoms with E-state index in [4.69, 9.17) is 15.6 Å². The number of pyridine rings is 1. The van der Waals surface area contributed by atoms with Crippen molar-refractivity contribution in [3.63, 3.8) is 0 Å². The van der Waals surface area contributed by atoms with E-state index in [1.807, 2.05) is 0 Å². The Kier molecular flexibility index (Phi) is 2.94. The largest absolute Gasteiger partial charge is 0.493 e. The zero-order valence-corrected chi connectivity index (χ0v) is 11.1. The number of benzene rings is 1. The van der Waals surface area contributed by atoms with Crippen LogP contribution in [0.5, 0.6) is 5.75 Å². The number of anilines is 1. The molecule has 7 heteroatoms. The Morgan fingerprint density at radius 3 is 2.86 bits per heavy atom. The van der Waals surface area contributed by atoms with Gasteiger partial charge in [0.2, 0.25) is 5.95 Å². The van der Waals surface area contributed by atoms with Gasteiger partial charge < -0.3 is 15.6 Å². The van der Waals surface area contributed by atoms with Crippen LogP contribution in [0.25, 0.3) is 16.9 Å². The topological polar surface area (TPSA) is 103 Å². The SMILES string of the molecule is COc1ccc(-c2cccc(C(=O)O)c2)n2nc(N)nc12. The van der Waals surface area contributed by atoms with Crippen LogP contribution < -0.4 is 10.5 Å². The lowest BCUT2D eigenvalue weighted by Crippen LogP contribution is -1.99. The number of hydrogen-bond donors (Lipinski definition) is 2. The Morgan fingerprint density at radius 2 is 2.14 bits per heavy atom. The van der Waals surface area contributed by atoms with Crippen molar-refractivity contribution in [1.82, 2.24) is 14.6 Å². The molecule has 106 valence electrons. The maximum Gasteiger partial charge on any atom is 0.335 e. The summed E-state index contributed by atoms with van der Waals surface area (Å²) in [4.78, 5) is 15.2. The van der Waals surface area contributed by atoms with Crippen LogP contribution in [-0.2, 0) is 0 Å². The average Bonchev–Trinajstić information content (AvgIpc) is 2.87. The van der Waals surface area contributed by atoms with Crippen molar-refractivity contribution >= 4 is 17.6 Å². The summed E-state index contributed by atoms with van der Waals surface area (Å²) in [5.74, 6) is -0.327. The Hall–Kier alpha value is -3.09. The van der Waals surface area contributed by atoms with Crippen molar-refractivity contribution in [2.45, 2.75) is 0 Å². The van der Waals surface area contributed by atoms with Crippen LogP contribution in [0.2, 0.25) is 0 Å². The number of nitrogens with two attached hydrogens (primary N) is 1. The first-order chi connectivity index (χ1) is 10.1. The molecule has 2 aromatic heterocycles. The maximum atomic E-state index is 11.1. The molecule has 21 heavy (non-hydrogen) atoms. The van der Waals surface area contributed by atoms with E-state index in [2.05, 4.69) is 10.1 Å². The molecule has 0 fully saturated rings. The number of aromatic nitrogens is 3. The predicted octanol–water partition coefficient (Wildman–Crippen LogP) is 1.69. The highest BCUT2D eigenvalue weighted by molar-refractivity contribution is 5.89. The number of hydrogen-bond acceptors (Lipinski definition) is 5. The number of aromatic carboxylic acids is 1. The molecule has 0 unspecified atom stereocenters. The molecule has 3 aromatic rings. The van der Waals surface area contributed by atoms with Crippen molar-refractivity contribution in [3.8, 4) is 17.0 Å². The maximum absolute atomic E-state index is 11.1. The third kappa shape index (κ3) is 2.14. The Bertz CT molecular complexity index is 841. The van der Waals surface area contributed by atoms with Crippen LogP contribution in [0.4, 0.5) is 5.95 Å². The Balaban J connectivity index is 2.25. The molecule has 3 N–H and O–H groups in total. The van der Waals surface area contributed by atoms with Crippen LogP contribution in [0, 0.1) is 0 Å². The Morgan fingerprint density at radius 1 is 1.33 bits per heavy atom. The molecule has 0 amide bonds. The quantitative estimate of drug-likeness (QED) is 0.758. The summed E-state index contributed by atoms with van der Waals surface area (Å²) in [6, 6.07) is 10.1. The molecule has 0 saturated carbocycles. The van der Waals surface area contributed by atoms with Crippen LogP contribution in [0.1, 0.15) is 10.4 Å². The monoisotopic (exact) mass is 284 g/mol. The van der Waals surface area contributed by atoms with E-state index in [0.29, 0.717) is 22.7 Å². The highest BCUT2D eigenvalue weighted by Crippen LogP contribution is 2.27. The minimum atomic E-state index is -0.986. The molecule has 3 rings (SSSR count). The van der Waals surface area contributed by atoms with Crippen LogP contribution in [-0.4, -0.2) is 32.8 Å². The van der Waals surface area contributed by atoms with Crippen molar-refractivity contribution in [3.05, 3.63) is 42.0 Å². The lowest BCUT2D eigenvalue weighted by molar-refractivity contribution is 0.0697. The van der Waals surface area contributed by atoms with Crippen molar-refractivity contribution < 1.29 is 14.6 Å². The van der Waals surface area contributed by atoms with E-state index >= 15 is 0 Å². The van der Waals surface area contributed by atoms with E-state index in [9.17, 15) is 4.79 Å². The molecule has 0 spiro atoms. The number of ether oxygens (including phenoxy) is 1. The molecule has 2 heterocycles. The van der Waals surface area contributed by atoms with Crippen molar-refractivity contribution in [2.24, 2.45) is 0 Å². The van der Waals surface area contributed by atoms with Gasteiger partial charge in [0.25, 0.3) is 0 Å². The fraction of sp³-hybridized carbons (Fsp3) is 0.0714. The first-order valence-corrected chi connectivity index (χ1v) is 6.13. The number of carboxylic acids is 1. The fourth-order valence-corrected chi connectivity index (χ4v) is 2.14. The molecule has 0 aliphatic heterocycles. The van der Waals surface area contributed by atoms with E-state index in [1.165, 1.54) is 17.7 Å². The summed E-state index contributed by atoms with van der Waals surface area (Å²) in [7, 11) is 1.53. The fourth-order valence-electron chi connectivity index (χ4n) is 2.14. The highest BCUT2D eigenvalue weighted by Gasteiger charge is 2.13. The van der Waals surface area contributed by atoms with Gasteiger partial charge in [-0.25, -0.2) is 9.31 Å². The van der Waals surface area contributed by atoms with E-state index in [1.54, 1.807) is 30.3 Å². The van der Waals surface area contributed by atoms with E-state index < -0.39 is 5.97 Å². The van der Waals surface area contributed by atoms with Crippen molar-refractivity contribution in [1.29, 1.82) is 0 Å². The minimum absolute atomic E-state index is 0.120. The second kappa shape index (κ2) is 4.78.